The van der Waals surface area contributed by atoms with Crippen LogP contribution in [0.4, 0.5) is 0 Å². The van der Waals surface area contributed by atoms with Gasteiger partial charge in [0.25, 0.3) is 0 Å². The molecule has 20 heavy (non-hydrogen) atoms. The lowest BCUT2D eigenvalue weighted by Crippen LogP contribution is -2.17. The quantitative estimate of drug-likeness (QED) is 0.877. The predicted molar refractivity (Wildman–Crippen MR) is 80.0 cm³/mol. The Morgan fingerprint density at radius 1 is 1.20 bits per heavy atom. The smallest absolute Gasteiger partial charge is 0.0679 e. The molecule has 0 aliphatic heterocycles. The standard InChI is InChI=1S/C16H22N4/c1-3-15-14(11-18-12-5-6-12)16(4-2)20(19-15)13-7-9-17-10-8-13/h7-10,12,18H,3-6,11H2,1-2H3. The van der Waals surface area contributed by atoms with Crippen LogP contribution in [-0.4, -0.2) is 20.8 Å². The van der Waals surface area contributed by atoms with Gasteiger partial charge in [-0.2, -0.15) is 5.10 Å². The third-order valence-electron chi connectivity index (χ3n) is 3.90. The molecule has 0 spiro atoms. The lowest BCUT2D eigenvalue weighted by molar-refractivity contribution is 0.677. The SMILES string of the molecule is CCc1nn(-c2ccncc2)c(CC)c1CNC1CC1. The third kappa shape index (κ3) is 2.61. The number of hydrogen-bond donors (Lipinski definition) is 1. The summed E-state index contributed by atoms with van der Waals surface area (Å²) in [5.41, 5.74) is 5.02. The van der Waals surface area contributed by atoms with Gasteiger partial charge in [0.05, 0.1) is 11.4 Å². The average molecular weight is 270 g/mol. The van der Waals surface area contributed by atoms with Crippen molar-refractivity contribution in [3.8, 4) is 5.69 Å². The molecule has 1 saturated carbocycles. The summed E-state index contributed by atoms with van der Waals surface area (Å²) >= 11 is 0. The Labute approximate surface area is 120 Å². The lowest BCUT2D eigenvalue weighted by atomic mass is 10.1. The Hall–Kier alpha value is -1.68. The molecule has 2 heterocycles. The number of aromatic nitrogens is 3. The van der Waals surface area contributed by atoms with Gasteiger partial charge in [-0.1, -0.05) is 13.8 Å². The average Bonchev–Trinajstić information content (AvgIpc) is 3.25. The molecule has 2 aromatic heterocycles. The Bertz CT molecular complexity index is 570. The molecule has 1 fully saturated rings. The Kier molecular flexibility index (Phi) is 3.83. The predicted octanol–water partition coefficient (Wildman–Crippen LogP) is 2.64. The van der Waals surface area contributed by atoms with Gasteiger partial charge in [-0.25, -0.2) is 4.68 Å². The van der Waals surface area contributed by atoms with E-state index in [1.54, 1.807) is 0 Å². The van der Waals surface area contributed by atoms with Crippen LogP contribution in [0.3, 0.4) is 0 Å². The lowest BCUT2D eigenvalue weighted by Gasteiger charge is -2.08. The van der Waals surface area contributed by atoms with Crippen molar-refractivity contribution in [3.05, 3.63) is 41.5 Å². The van der Waals surface area contributed by atoms with Crippen molar-refractivity contribution in [3.63, 3.8) is 0 Å². The maximum absolute atomic E-state index is 4.82. The summed E-state index contributed by atoms with van der Waals surface area (Å²) in [5.74, 6) is 0. The van der Waals surface area contributed by atoms with Crippen molar-refractivity contribution in [1.29, 1.82) is 0 Å². The molecule has 0 unspecified atom stereocenters. The summed E-state index contributed by atoms with van der Waals surface area (Å²) in [6.45, 7) is 5.33. The first kappa shape index (κ1) is 13.3. The molecular formula is C16H22N4. The van der Waals surface area contributed by atoms with Gasteiger partial charge >= 0.3 is 0 Å². The zero-order valence-corrected chi connectivity index (χ0v) is 12.3. The van der Waals surface area contributed by atoms with Gasteiger partial charge in [0.2, 0.25) is 0 Å². The fraction of sp³-hybridized carbons (Fsp3) is 0.500. The van der Waals surface area contributed by atoms with E-state index in [0.29, 0.717) is 0 Å². The van der Waals surface area contributed by atoms with Gasteiger partial charge in [-0.15, -0.1) is 0 Å². The summed E-state index contributed by atoms with van der Waals surface area (Å²) in [4.78, 5) is 4.09. The maximum Gasteiger partial charge on any atom is 0.0679 e. The second-order valence-corrected chi connectivity index (χ2v) is 5.35. The molecular weight excluding hydrogens is 248 g/mol. The number of nitrogens with one attached hydrogen (secondary N) is 1. The number of hydrogen-bond acceptors (Lipinski definition) is 3. The van der Waals surface area contributed by atoms with Crippen LogP contribution in [0.1, 0.15) is 43.6 Å². The van der Waals surface area contributed by atoms with Crippen LogP contribution < -0.4 is 5.32 Å². The zero-order valence-electron chi connectivity index (χ0n) is 12.3. The van der Waals surface area contributed by atoms with Gasteiger partial charge in [-0.05, 0) is 37.8 Å². The topological polar surface area (TPSA) is 42.7 Å². The summed E-state index contributed by atoms with van der Waals surface area (Å²) in [7, 11) is 0. The van der Waals surface area contributed by atoms with E-state index in [0.717, 1.165) is 31.1 Å². The number of pyridine rings is 1. The van der Waals surface area contributed by atoms with Crippen LogP contribution in [0.15, 0.2) is 24.5 Å². The molecule has 0 amide bonds. The van der Waals surface area contributed by atoms with Crippen molar-refractivity contribution >= 4 is 0 Å². The van der Waals surface area contributed by atoms with Gasteiger partial charge < -0.3 is 5.32 Å². The van der Waals surface area contributed by atoms with E-state index in [1.165, 1.54) is 29.8 Å². The van der Waals surface area contributed by atoms with Crippen LogP contribution in [0, 0.1) is 0 Å². The van der Waals surface area contributed by atoms with Gasteiger partial charge in [0.15, 0.2) is 0 Å². The minimum absolute atomic E-state index is 0.730. The molecule has 2 aromatic rings. The molecule has 1 aliphatic rings. The molecule has 0 aromatic carbocycles. The second-order valence-electron chi connectivity index (χ2n) is 5.35. The first-order chi connectivity index (χ1) is 9.83. The zero-order chi connectivity index (χ0) is 13.9. The highest BCUT2D eigenvalue weighted by Gasteiger charge is 2.23. The van der Waals surface area contributed by atoms with Crippen LogP contribution in [0.25, 0.3) is 5.69 Å². The van der Waals surface area contributed by atoms with Crippen molar-refractivity contribution in [1.82, 2.24) is 20.1 Å². The van der Waals surface area contributed by atoms with Crippen molar-refractivity contribution < 1.29 is 0 Å². The van der Waals surface area contributed by atoms with E-state index in [9.17, 15) is 0 Å². The maximum atomic E-state index is 4.82. The summed E-state index contributed by atoms with van der Waals surface area (Å²) in [5, 5.41) is 8.44. The Morgan fingerprint density at radius 3 is 2.55 bits per heavy atom. The molecule has 4 nitrogen and oxygen atoms in total. The van der Waals surface area contributed by atoms with Crippen molar-refractivity contribution in [2.75, 3.05) is 0 Å². The number of aryl methyl sites for hydroxylation is 1. The van der Waals surface area contributed by atoms with Gasteiger partial charge in [0, 0.05) is 36.2 Å². The fourth-order valence-electron chi connectivity index (χ4n) is 2.62. The normalized spacial score (nSPS) is 14.7. The molecule has 3 rings (SSSR count). The van der Waals surface area contributed by atoms with E-state index in [4.69, 9.17) is 5.10 Å². The number of nitrogens with zero attached hydrogens (tertiary/aromatic N) is 3. The van der Waals surface area contributed by atoms with E-state index < -0.39 is 0 Å². The van der Waals surface area contributed by atoms with Crippen LogP contribution in [0.5, 0.6) is 0 Å². The molecule has 1 N–H and O–H groups in total. The minimum Gasteiger partial charge on any atom is -0.310 e. The summed E-state index contributed by atoms with van der Waals surface area (Å²) < 4.78 is 2.09. The van der Waals surface area contributed by atoms with Crippen molar-refractivity contribution in [2.45, 2.75) is 52.1 Å². The van der Waals surface area contributed by atoms with E-state index in [1.807, 2.05) is 24.5 Å². The van der Waals surface area contributed by atoms with Crippen LogP contribution in [0.2, 0.25) is 0 Å². The highest BCUT2D eigenvalue weighted by molar-refractivity contribution is 5.37. The Balaban J connectivity index is 1.97. The van der Waals surface area contributed by atoms with E-state index >= 15 is 0 Å². The molecule has 106 valence electrons. The highest BCUT2D eigenvalue weighted by Crippen LogP contribution is 2.23. The fourth-order valence-corrected chi connectivity index (χ4v) is 2.62. The molecule has 0 radical (unpaired) electrons. The van der Waals surface area contributed by atoms with E-state index in [-0.39, 0.29) is 0 Å². The van der Waals surface area contributed by atoms with Gasteiger partial charge in [0.1, 0.15) is 0 Å². The monoisotopic (exact) mass is 270 g/mol. The molecule has 0 saturated heterocycles. The summed E-state index contributed by atoms with van der Waals surface area (Å²) in [6, 6.07) is 4.77. The molecule has 0 atom stereocenters. The first-order valence-corrected chi connectivity index (χ1v) is 7.56. The molecule has 4 heteroatoms. The summed E-state index contributed by atoms with van der Waals surface area (Å²) in [6.07, 6.45) is 8.26. The second kappa shape index (κ2) is 5.75. The highest BCUT2D eigenvalue weighted by atomic mass is 15.3. The number of rotatable bonds is 6. The van der Waals surface area contributed by atoms with Crippen LogP contribution >= 0.6 is 0 Å². The Morgan fingerprint density at radius 2 is 1.95 bits per heavy atom. The van der Waals surface area contributed by atoms with Gasteiger partial charge in [-0.3, -0.25) is 4.98 Å². The first-order valence-electron chi connectivity index (χ1n) is 7.56. The van der Waals surface area contributed by atoms with Crippen molar-refractivity contribution in [2.24, 2.45) is 0 Å². The minimum atomic E-state index is 0.730. The largest absolute Gasteiger partial charge is 0.310 e. The van der Waals surface area contributed by atoms with E-state index in [2.05, 4.69) is 28.8 Å². The molecule has 1 aliphatic carbocycles. The molecule has 0 bridgehead atoms. The van der Waals surface area contributed by atoms with Crippen LogP contribution in [-0.2, 0) is 19.4 Å². The third-order valence-corrected chi connectivity index (χ3v) is 3.90.